The van der Waals surface area contributed by atoms with E-state index < -0.39 is 48.4 Å². The van der Waals surface area contributed by atoms with Gasteiger partial charge in [-0.2, -0.15) is 0 Å². The van der Waals surface area contributed by atoms with Crippen molar-refractivity contribution in [3.63, 3.8) is 0 Å². The normalized spacial score (nSPS) is 12.8. The monoisotopic (exact) mass is 492 g/mol. The predicted octanol–water partition coefficient (Wildman–Crippen LogP) is -0.958. The fourth-order valence-electron chi connectivity index (χ4n) is 3.24. The molecular weight excluding hydrogens is 460 g/mol. The molecule has 13 nitrogen and oxygen atoms in total. The molecule has 1 rings (SSSR count). The Kier molecular flexibility index (Phi) is 12.3. The third-order valence-corrected chi connectivity index (χ3v) is 4.96. The number of benzene rings is 1. The fourth-order valence-corrected chi connectivity index (χ4v) is 3.24. The number of aldehydes is 1. The molecule has 0 spiro atoms. The summed E-state index contributed by atoms with van der Waals surface area (Å²) in [6.07, 6.45) is -0.410. The number of guanidine groups is 1. The summed E-state index contributed by atoms with van der Waals surface area (Å²) < 4.78 is 4.63. The van der Waals surface area contributed by atoms with Gasteiger partial charge < -0.3 is 42.1 Å². The standard InChI is InChI=1S/C22H32N6O7/c1-35-21(34)28-22(10-9-18(31)32,12-15-6-3-2-4-7-15)19(33)26-13-17(30)27-16(14-29)8-5-11-25-20(23)24/h2-4,6-7,14,16H,5,8-13H2,1H3,(H,26,33)(H,27,30)(H,28,34)(H,31,32)(H4,23,24,25)/t16-,22+/m0/s1. The first-order valence-electron chi connectivity index (χ1n) is 10.8. The molecule has 192 valence electrons. The van der Waals surface area contributed by atoms with Gasteiger partial charge in [0, 0.05) is 19.4 Å². The third-order valence-electron chi connectivity index (χ3n) is 4.96. The van der Waals surface area contributed by atoms with Crippen molar-refractivity contribution in [3.8, 4) is 0 Å². The number of nitrogens with zero attached hydrogens (tertiary/aromatic N) is 1. The largest absolute Gasteiger partial charge is 0.481 e. The van der Waals surface area contributed by atoms with Crippen LogP contribution in [0.4, 0.5) is 4.79 Å². The summed E-state index contributed by atoms with van der Waals surface area (Å²) in [4.78, 5) is 63.9. The number of alkyl carbamates (subject to hydrolysis) is 1. The number of carboxylic acids is 1. The molecule has 0 heterocycles. The van der Waals surface area contributed by atoms with Gasteiger partial charge in [-0.15, -0.1) is 0 Å². The molecular formula is C22H32N6O7. The number of hydrogen-bond acceptors (Lipinski definition) is 7. The Bertz CT molecular complexity index is 905. The minimum absolute atomic E-state index is 0.0502. The quantitative estimate of drug-likeness (QED) is 0.0768. The molecule has 1 aromatic carbocycles. The maximum Gasteiger partial charge on any atom is 0.407 e. The van der Waals surface area contributed by atoms with Gasteiger partial charge in [0.25, 0.3) is 0 Å². The highest BCUT2D eigenvalue weighted by molar-refractivity contribution is 5.93. The second-order valence-corrected chi connectivity index (χ2v) is 7.70. The highest BCUT2D eigenvalue weighted by atomic mass is 16.5. The summed E-state index contributed by atoms with van der Waals surface area (Å²) in [6.45, 7) is -0.229. The van der Waals surface area contributed by atoms with Crippen molar-refractivity contribution < 1.29 is 33.8 Å². The van der Waals surface area contributed by atoms with Crippen LogP contribution in [-0.2, 0) is 30.3 Å². The van der Waals surface area contributed by atoms with E-state index in [1.165, 1.54) is 0 Å². The first-order chi connectivity index (χ1) is 16.6. The second-order valence-electron chi connectivity index (χ2n) is 7.70. The number of hydrogen-bond donors (Lipinski definition) is 6. The molecule has 0 saturated heterocycles. The van der Waals surface area contributed by atoms with E-state index in [9.17, 15) is 29.1 Å². The third kappa shape index (κ3) is 11.0. The predicted molar refractivity (Wildman–Crippen MR) is 126 cm³/mol. The smallest absolute Gasteiger partial charge is 0.407 e. The van der Waals surface area contributed by atoms with Gasteiger partial charge in [0.2, 0.25) is 11.8 Å². The van der Waals surface area contributed by atoms with Crippen LogP contribution in [0.5, 0.6) is 0 Å². The highest BCUT2D eigenvalue weighted by Crippen LogP contribution is 2.21. The van der Waals surface area contributed by atoms with Crippen LogP contribution >= 0.6 is 0 Å². The minimum Gasteiger partial charge on any atom is -0.481 e. The number of nitrogens with one attached hydrogen (secondary N) is 3. The van der Waals surface area contributed by atoms with Crippen LogP contribution in [0.1, 0.15) is 31.2 Å². The van der Waals surface area contributed by atoms with Crippen molar-refractivity contribution in [1.82, 2.24) is 16.0 Å². The Balaban J connectivity index is 2.93. The van der Waals surface area contributed by atoms with E-state index >= 15 is 0 Å². The van der Waals surface area contributed by atoms with Crippen LogP contribution in [0.3, 0.4) is 0 Å². The molecule has 8 N–H and O–H groups in total. The van der Waals surface area contributed by atoms with Gasteiger partial charge in [0.15, 0.2) is 5.96 Å². The van der Waals surface area contributed by atoms with Crippen molar-refractivity contribution in [2.45, 2.75) is 43.7 Å². The van der Waals surface area contributed by atoms with E-state index in [0.717, 1.165) is 7.11 Å². The summed E-state index contributed by atoms with van der Waals surface area (Å²) in [5, 5.41) is 16.5. The van der Waals surface area contributed by atoms with E-state index in [1.54, 1.807) is 30.3 Å². The van der Waals surface area contributed by atoms with Crippen molar-refractivity contribution in [2.75, 3.05) is 20.2 Å². The van der Waals surface area contributed by atoms with Gasteiger partial charge in [0.1, 0.15) is 11.8 Å². The molecule has 35 heavy (non-hydrogen) atoms. The van der Waals surface area contributed by atoms with Crippen molar-refractivity contribution in [1.29, 1.82) is 0 Å². The van der Waals surface area contributed by atoms with Gasteiger partial charge in [0.05, 0.1) is 19.7 Å². The number of nitrogens with two attached hydrogens (primary N) is 2. The fraction of sp³-hybridized carbons (Fsp3) is 0.455. The van der Waals surface area contributed by atoms with Gasteiger partial charge in [-0.3, -0.25) is 19.4 Å². The average Bonchev–Trinajstić information content (AvgIpc) is 2.83. The Morgan fingerprint density at radius 3 is 2.46 bits per heavy atom. The maximum absolute atomic E-state index is 13.2. The van der Waals surface area contributed by atoms with E-state index in [2.05, 4.69) is 25.7 Å². The summed E-state index contributed by atoms with van der Waals surface area (Å²) in [7, 11) is 1.11. The molecule has 0 fully saturated rings. The van der Waals surface area contributed by atoms with Crippen LogP contribution in [0.2, 0.25) is 0 Å². The lowest BCUT2D eigenvalue weighted by atomic mass is 9.85. The number of carbonyl (C=O) groups excluding carboxylic acids is 4. The van der Waals surface area contributed by atoms with E-state index in [0.29, 0.717) is 18.3 Å². The SMILES string of the molecule is COC(=O)N[C@](CCC(=O)O)(Cc1ccccc1)C(=O)NCC(=O)N[C@H](C=O)CCCN=C(N)N. The van der Waals surface area contributed by atoms with Gasteiger partial charge in [-0.1, -0.05) is 30.3 Å². The van der Waals surface area contributed by atoms with Gasteiger partial charge >= 0.3 is 12.1 Å². The molecule has 13 heteroatoms. The number of aliphatic carboxylic acids is 1. The Hall–Kier alpha value is -4.16. The van der Waals surface area contributed by atoms with Gasteiger partial charge in [-0.05, 0) is 24.8 Å². The lowest BCUT2D eigenvalue weighted by molar-refractivity contribution is -0.138. The molecule has 0 aromatic heterocycles. The average molecular weight is 493 g/mol. The molecule has 0 unspecified atom stereocenters. The van der Waals surface area contributed by atoms with Crippen molar-refractivity contribution in [2.24, 2.45) is 16.5 Å². The number of rotatable bonds is 15. The summed E-state index contributed by atoms with van der Waals surface area (Å²) in [5.41, 5.74) is 9.40. The first-order valence-corrected chi connectivity index (χ1v) is 10.8. The molecule has 1 aromatic rings. The zero-order valence-electron chi connectivity index (χ0n) is 19.5. The number of carbonyl (C=O) groups is 5. The molecule has 2 atom stereocenters. The lowest BCUT2D eigenvalue weighted by Crippen LogP contribution is -2.61. The maximum atomic E-state index is 13.2. The van der Waals surface area contributed by atoms with Crippen LogP contribution in [-0.4, -0.2) is 73.0 Å². The lowest BCUT2D eigenvalue weighted by Gasteiger charge is -2.32. The zero-order chi connectivity index (χ0) is 26.3. The van der Waals surface area contributed by atoms with Crippen molar-refractivity contribution in [3.05, 3.63) is 35.9 Å². The first kappa shape index (κ1) is 28.9. The number of aliphatic imine (C=N–C) groups is 1. The number of carboxylic acid groups (broad SMARTS) is 1. The summed E-state index contributed by atoms with van der Waals surface area (Å²) >= 11 is 0. The Morgan fingerprint density at radius 2 is 1.89 bits per heavy atom. The number of ether oxygens (including phenoxy) is 1. The van der Waals surface area contributed by atoms with Gasteiger partial charge in [-0.25, -0.2) is 4.79 Å². The molecule has 0 aliphatic heterocycles. The van der Waals surface area contributed by atoms with E-state index in [1.807, 2.05) is 0 Å². The zero-order valence-corrected chi connectivity index (χ0v) is 19.5. The summed E-state index contributed by atoms with van der Waals surface area (Å²) in [5.74, 6) is -2.68. The molecule has 0 radical (unpaired) electrons. The van der Waals surface area contributed by atoms with Crippen LogP contribution in [0, 0.1) is 0 Å². The molecule has 3 amide bonds. The Labute approximate surface area is 202 Å². The van der Waals surface area contributed by atoms with E-state index in [4.69, 9.17) is 11.5 Å². The molecule has 0 bridgehead atoms. The topological polar surface area (TPSA) is 215 Å². The molecule has 0 aliphatic rings. The second kappa shape index (κ2) is 14.9. The Morgan fingerprint density at radius 1 is 1.20 bits per heavy atom. The summed E-state index contributed by atoms with van der Waals surface area (Å²) in [6, 6.07) is 7.84. The molecule has 0 aliphatic carbocycles. The minimum atomic E-state index is -1.71. The van der Waals surface area contributed by atoms with Crippen LogP contribution < -0.4 is 27.4 Å². The highest BCUT2D eigenvalue weighted by Gasteiger charge is 2.41. The van der Waals surface area contributed by atoms with Crippen molar-refractivity contribution >= 4 is 36.1 Å². The van der Waals surface area contributed by atoms with Crippen LogP contribution in [0.25, 0.3) is 0 Å². The van der Waals surface area contributed by atoms with Crippen LogP contribution in [0.15, 0.2) is 35.3 Å². The molecule has 0 saturated carbocycles. The number of amides is 3. The van der Waals surface area contributed by atoms with E-state index in [-0.39, 0.29) is 31.8 Å². The number of methoxy groups -OCH3 is 1.